The van der Waals surface area contributed by atoms with Gasteiger partial charge in [0.2, 0.25) is 0 Å². The molecule has 1 heteroatoms. The first-order chi connectivity index (χ1) is 16.4. The summed E-state index contributed by atoms with van der Waals surface area (Å²) >= 11 is 0. The fourth-order valence-corrected chi connectivity index (χ4v) is 5.24. The van der Waals surface area contributed by atoms with Crippen molar-refractivity contribution in [2.75, 3.05) is 0 Å². The molecule has 7 rings (SSSR count). The van der Waals surface area contributed by atoms with Gasteiger partial charge < -0.3 is 4.98 Å². The van der Waals surface area contributed by atoms with Crippen molar-refractivity contribution in [3.05, 3.63) is 121 Å². The molecule has 1 aromatic heterocycles. The minimum Gasteiger partial charge on any atom is -0.354 e. The standard InChI is InChI=1S/C32H21N/c1-2-9-24-23(8-1)20-30(27-11-4-3-10-26(24)27)22-18-16-21(17-19-22)25-13-7-14-29-28-12-5-6-15-31(28)33-32(25)29/h1-20,33H. The van der Waals surface area contributed by atoms with Crippen LogP contribution in [0.2, 0.25) is 0 Å². The van der Waals surface area contributed by atoms with Crippen LogP contribution in [0.15, 0.2) is 121 Å². The first kappa shape index (κ1) is 18.2. The molecular weight excluding hydrogens is 398 g/mol. The van der Waals surface area contributed by atoms with Gasteiger partial charge in [0.15, 0.2) is 0 Å². The molecule has 1 N–H and O–H groups in total. The van der Waals surface area contributed by atoms with Crippen molar-refractivity contribution in [3.63, 3.8) is 0 Å². The number of hydrogen-bond acceptors (Lipinski definition) is 0. The topological polar surface area (TPSA) is 15.8 Å². The number of para-hydroxylation sites is 2. The lowest BCUT2D eigenvalue weighted by atomic mass is 9.92. The Balaban J connectivity index is 1.40. The van der Waals surface area contributed by atoms with Gasteiger partial charge in [-0.1, -0.05) is 109 Å². The van der Waals surface area contributed by atoms with E-state index >= 15 is 0 Å². The van der Waals surface area contributed by atoms with Gasteiger partial charge in [0.25, 0.3) is 0 Å². The Morgan fingerprint density at radius 3 is 1.82 bits per heavy atom. The Morgan fingerprint density at radius 1 is 0.394 bits per heavy atom. The molecule has 0 aliphatic carbocycles. The van der Waals surface area contributed by atoms with E-state index in [2.05, 4.69) is 126 Å². The number of aromatic amines is 1. The summed E-state index contributed by atoms with van der Waals surface area (Å²) in [6.07, 6.45) is 0. The van der Waals surface area contributed by atoms with Gasteiger partial charge in [0, 0.05) is 21.9 Å². The van der Waals surface area contributed by atoms with E-state index in [1.54, 1.807) is 0 Å². The number of fused-ring (bicyclic) bond motifs is 6. The molecule has 0 bridgehead atoms. The van der Waals surface area contributed by atoms with Gasteiger partial charge in [0.05, 0.1) is 5.52 Å². The largest absolute Gasteiger partial charge is 0.354 e. The highest BCUT2D eigenvalue weighted by atomic mass is 14.7. The summed E-state index contributed by atoms with van der Waals surface area (Å²) in [5.74, 6) is 0. The van der Waals surface area contributed by atoms with Crippen LogP contribution in [-0.2, 0) is 0 Å². The van der Waals surface area contributed by atoms with Crippen molar-refractivity contribution in [2.24, 2.45) is 0 Å². The highest BCUT2D eigenvalue weighted by Crippen LogP contribution is 2.37. The maximum atomic E-state index is 3.64. The number of benzene rings is 6. The van der Waals surface area contributed by atoms with E-state index < -0.39 is 0 Å². The summed E-state index contributed by atoms with van der Waals surface area (Å²) in [7, 11) is 0. The second-order valence-corrected chi connectivity index (χ2v) is 8.67. The highest BCUT2D eigenvalue weighted by molar-refractivity contribution is 6.14. The molecule has 0 saturated carbocycles. The fraction of sp³-hybridized carbons (Fsp3) is 0. The Bertz CT molecular complexity index is 1800. The molecule has 0 aliphatic rings. The summed E-state index contributed by atoms with van der Waals surface area (Å²) in [5.41, 5.74) is 7.35. The third-order valence-electron chi connectivity index (χ3n) is 6.82. The van der Waals surface area contributed by atoms with E-state index in [1.165, 1.54) is 65.6 Å². The molecule has 1 nitrogen and oxygen atoms in total. The van der Waals surface area contributed by atoms with Gasteiger partial charge in [-0.3, -0.25) is 0 Å². The van der Waals surface area contributed by atoms with Crippen LogP contribution in [0.4, 0.5) is 0 Å². The van der Waals surface area contributed by atoms with Crippen molar-refractivity contribution in [3.8, 4) is 22.3 Å². The van der Waals surface area contributed by atoms with E-state index in [9.17, 15) is 0 Å². The first-order valence-electron chi connectivity index (χ1n) is 11.4. The second kappa shape index (κ2) is 7.08. The summed E-state index contributed by atoms with van der Waals surface area (Å²) < 4.78 is 0. The minimum atomic E-state index is 1.18. The SMILES string of the molecule is c1ccc2c(c1)cc(-c1ccc(-c3cccc4c3[nH]c3ccccc34)cc1)c1ccccc12. The van der Waals surface area contributed by atoms with E-state index in [0.717, 1.165) is 0 Å². The van der Waals surface area contributed by atoms with Gasteiger partial charge in [0.1, 0.15) is 0 Å². The zero-order valence-corrected chi connectivity index (χ0v) is 18.0. The van der Waals surface area contributed by atoms with Crippen LogP contribution < -0.4 is 0 Å². The molecule has 0 atom stereocenters. The average Bonchev–Trinajstić information content (AvgIpc) is 3.27. The van der Waals surface area contributed by atoms with Gasteiger partial charge >= 0.3 is 0 Å². The van der Waals surface area contributed by atoms with Crippen molar-refractivity contribution < 1.29 is 0 Å². The molecule has 0 unspecified atom stereocenters. The lowest BCUT2D eigenvalue weighted by Gasteiger charge is -2.12. The maximum absolute atomic E-state index is 3.64. The molecule has 0 fully saturated rings. The molecule has 7 aromatic rings. The molecule has 0 amide bonds. The van der Waals surface area contributed by atoms with Gasteiger partial charge in [-0.15, -0.1) is 0 Å². The second-order valence-electron chi connectivity index (χ2n) is 8.67. The molecule has 0 aliphatic heterocycles. The first-order valence-corrected chi connectivity index (χ1v) is 11.4. The zero-order chi connectivity index (χ0) is 21.8. The summed E-state index contributed by atoms with van der Waals surface area (Å²) in [6.45, 7) is 0. The Kier molecular flexibility index (Phi) is 3.91. The van der Waals surface area contributed by atoms with Crippen LogP contribution >= 0.6 is 0 Å². The minimum absolute atomic E-state index is 1.18. The number of H-pyrrole nitrogens is 1. The van der Waals surface area contributed by atoms with E-state index in [1.807, 2.05) is 0 Å². The van der Waals surface area contributed by atoms with Crippen molar-refractivity contribution in [2.45, 2.75) is 0 Å². The van der Waals surface area contributed by atoms with Crippen LogP contribution in [0.25, 0.3) is 65.6 Å². The van der Waals surface area contributed by atoms with Gasteiger partial charge in [-0.05, 0) is 50.4 Å². The van der Waals surface area contributed by atoms with Gasteiger partial charge in [-0.2, -0.15) is 0 Å². The molecule has 0 spiro atoms. The third kappa shape index (κ3) is 2.79. The van der Waals surface area contributed by atoms with Gasteiger partial charge in [-0.25, -0.2) is 0 Å². The smallest absolute Gasteiger partial charge is 0.0544 e. The number of rotatable bonds is 2. The van der Waals surface area contributed by atoms with Crippen LogP contribution in [0.3, 0.4) is 0 Å². The summed E-state index contributed by atoms with van der Waals surface area (Å²) in [5, 5.41) is 7.72. The lowest BCUT2D eigenvalue weighted by Crippen LogP contribution is -1.86. The maximum Gasteiger partial charge on any atom is 0.0544 e. The molecule has 1 heterocycles. The third-order valence-corrected chi connectivity index (χ3v) is 6.82. The number of hydrogen-bond donors (Lipinski definition) is 1. The fourth-order valence-electron chi connectivity index (χ4n) is 5.24. The highest BCUT2D eigenvalue weighted by Gasteiger charge is 2.11. The van der Waals surface area contributed by atoms with E-state index in [-0.39, 0.29) is 0 Å². The van der Waals surface area contributed by atoms with Crippen LogP contribution in [-0.4, -0.2) is 4.98 Å². The molecule has 6 aromatic carbocycles. The van der Waals surface area contributed by atoms with Crippen molar-refractivity contribution >= 4 is 43.4 Å². The normalized spacial score (nSPS) is 11.6. The Hall–Kier alpha value is -4.36. The van der Waals surface area contributed by atoms with Crippen molar-refractivity contribution in [1.82, 2.24) is 4.98 Å². The predicted molar refractivity (Wildman–Crippen MR) is 142 cm³/mol. The number of nitrogens with one attached hydrogen (secondary N) is 1. The average molecular weight is 420 g/mol. The quantitative estimate of drug-likeness (QED) is 0.269. The molecule has 0 saturated heterocycles. The van der Waals surface area contributed by atoms with Crippen LogP contribution in [0, 0.1) is 0 Å². The molecule has 154 valence electrons. The Morgan fingerprint density at radius 2 is 1.00 bits per heavy atom. The summed E-state index contributed by atoms with van der Waals surface area (Å²) in [6, 6.07) is 43.8. The van der Waals surface area contributed by atoms with Crippen LogP contribution in [0.1, 0.15) is 0 Å². The van der Waals surface area contributed by atoms with Crippen LogP contribution in [0.5, 0.6) is 0 Å². The molecular formula is C32H21N. The molecule has 0 radical (unpaired) electrons. The molecule has 33 heavy (non-hydrogen) atoms. The predicted octanol–water partition coefficient (Wildman–Crippen LogP) is 8.96. The van der Waals surface area contributed by atoms with E-state index in [4.69, 9.17) is 0 Å². The van der Waals surface area contributed by atoms with E-state index in [0.29, 0.717) is 0 Å². The Labute approximate surface area is 191 Å². The summed E-state index contributed by atoms with van der Waals surface area (Å²) in [4.78, 5) is 3.64. The zero-order valence-electron chi connectivity index (χ0n) is 18.0. The monoisotopic (exact) mass is 419 g/mol. The number of aromatic nitrogens is 1. The lowest BCUT2D eigenvalue weighted by molar-refractivity contribution is 1.53. The van der Waals surface area contributed by atoms with Crippen molar-refractivity contribution in [1.29, 1.82) is 0 Å².